The minimum Gasteiger partial charge on any atom is -0.504 e. The zero-order valence-electron chi connectivity index (χ0n) is 17.8. The van der Waals surface area contributed by atoms with Crippen LogP contribution in [0.4, 0.5) is 5.69 Å². The number of hydrogen-bond donors (Lipinski definition) is 1. The topological polar surface area (TPSA) is 76.1 Å². The number of para-hydroxylation sites is 1. The molecule has 1 N–H and O–H groups in total. The number of phenolic OH excluding ortho intramolecular Hbond substituents is 1. The Morgan fingerprint density at radius 1 is 1.13 bits per heavy atom. The molecule has 0 saturated heterocycles. The second kappa shape index (κ2) is 8.45. The van der Waals surface area contributed by atoms with Gasteiger partial charge in [0.25, 0.3) is 5.91 Å². The number of anilines is 1. The predicted octanol–water partition coefficient (Wildman–Crippen LogP) is 4.28. The fourth-order valence-corrected chi connectivity index (χ4v) is 3.65. The van der Waals surface area contributed by atoms with Crippen molar-refractivity contribution in [2.45, 2.75) is 27.7 Å². The van der Waals surface area contributed by atoms with Gasteiger partial charge in [0.1, 0.15) is 0 Å². The molecular weight excluding hydrogens is 382 g/mol. The van der Waals surface area contributed by atoms with Crippen LogP contribution in [0.2, 0.25) is 0 Å². The number of nitrogens with zero attached hydrogens (tertiary/aromatic N) is 1. The zero-order chi connectivity index (χ0) is 22.0. The molecule has 1 heterocycles. The summed E-state index contributed by atoms with van der Waals surface area (Å²) in [5.74, 6) is -0.756. The highest BCUT2D eigenvalue weighted by molar-refractivity contribution is 6.24. The highest BCUT2D eigenvalue weighted by Gasteiger charge is 2.38. The summed E-state index contributed by atoms with van der Waals surface area (Å²) in [6.45, 7) is 7.81. The zero-order valence-corrected chi connectivity index (χ0v) is 17.8. The van der Waals surface area contributed by atoms with Gasteiger partial charge in [-0.3, -0.25) is 9.69 Å². The lowest BCUT2D eigenvalue weighted by atomic mass is 10.0. The monoisotopic (exact) mass is 407 g/mol. The third-order valence-corrected chi connectivity index (χ3v) is 4.88. The summed E-state index contributed by atoms with van der Waals surface area (Å²) < 4.78 is 10.4. The third-order valence-electron chi connectivity index (χ3n) is 4.88. The highest BCUT2D eigenvalue weighted by Crippen LogP contribution is 2.38. The second-order valence-corrected chi connectivity index (χ2v) is 7.12. The Balaban J connectivity index is 2.17. The van der Waals surface area contributed by atoms with Gasteiger partial charge in [-0.2, -0.15) is 0 Å². The number of rotatable bonds is 5. The maximum Gasteiger partial charge on any atom is 0.340 e. The smallest absolute Gasteiger partial charge is 0.340 e. The van der Waals surface area contributed by atoms with Gasteiger partial charge in [-0.25, -0.2) is 4.79 Å². The molecule has 0 spiro atoms. The number of carbonyl (C=O) groups is 2. The van der Waals surface area contributed by atoms with Gasteiger partial charge in [-0.1, -0.05) is 18.2 Å². The molecular formula is C24H25NO5. The molecule has 0 bridgehead atoms. The average molecular weight is 407 g/mol. The van der Waals surface area contributed by atoms with Crippen LogP contribution in [0.5, 0.6) is 11.5 Å². The Labute approximate surface area is 176 Å². The molecule has 2 aromatic carbocycles. The normalized spacial score (nSPS) is 15.2. The van der Waals surface area contributed by atoms with E-state index in [1.165, 1.54) is 18.1 Å². The third kappa shape index (κ3) is 3.81. The Morgan fingerprint density at radius 2 is 1.80 bits per heavy atom. The van der Waals surface area contributed by atoms with Crippen LogP contribution in [0.1, 0.15) is 30.5 Å². The molecule has 156 valence electrons. The first-order valence-electron chi connectivity index (χ1n) is 9.67. The van der Waals surface area contributed by atoms with Crippen molar-refractivity contribution in [1.82, 2.24) is 0 Å². The number of benzene rings is 2. The first-order valence-corrected chi connectivity index (χ1v) is 9.67. The maximum absolute atomic E-state index is 13.4. The van der Waals surface area contributed by atoms with E-state index in [1.54, 1.807) is 25.1 Å². The summed E-state index contributed by atoms with van der Waals surface area (Å²) in [4.78, 5) is 27.4. The van der Waals surface area contributed by atoms with Crippen molar-refractivity contribution in [2.24, 2.45) is 0 Å². The Hall–Kier alpha value is -3.54. The summed E-state index contributed by atoms with van der Waals surface area (Å²) in [7, 11) is 1.28. The van der Waals surface area contributed by atoms with E-state index in [-0.39, 0.29) is 22.8 Å². The number of phenols is 1. The number of methoxy groups -OCH3 is 1. The van der Waals surface area contributed by atoms with Gasteiger partial charge in [-0.15, -0.1) is 0 Å². The van der Waals surface area contributed by atoms with E-state index in [9.17, 15) is 14.7 Å². The first-order chi connectivity index (χ1) is 14.3. The molecule has 30 heavy (non-hydrogen) atoms. The van der Waals surface area contributed by atoms with Crippen molar-refractivity contribution >= 4 is 23.6 Å². The van der Waals surface area contributed by atoms with E-state index < -0.39 is 5.97 Å². The molecule has 2 aromatic rings. The molecule has 0 atom stereocenters. The van der Waals surface area contributed by atoms with Crippen LogP contribution >= 0.6 is 0 Å². The summed E-state index contributed by atoms with van der Waals surface area (Å²) >= 11 is 0. The Kier molecular flexibility index (Phi) is 5.96. The van der Waals surface area contributed by atoms with Crippen molar-refractivity contribution < 1.29 is 24.2 Å². The van der Waals surface area contributed by atoms with Gasteiger partial charge < -0.3 is 14.6 Å². The molecule has 0 fully saturated rings. The fourth-order valence-electron chi connectivity index (χ4n) is 3.65. The lowest BCUT2D eigenvalue weighted by molar-refractivity contribution is -0.136. The van der Waals surface area contributed by atoms with Crippen LogP contribution in [0.15, 0.2) is 53.2 Å². The van der Waals surface area contributed by atoms with Gasteiger partial charge in [0.15, 0.2) is 11.5 Å². The number of aryl methyl sites for hydroxylation is 2. The molecule has 6 heteroatoms. The standard InChI is InChI=1S/C24H25NO5/c1-6-30-20-9-7-8-17(22(20)26)13-19-21(24(28)29-5)16(4)25(23(19)27)18-11-14(2)10-15(3)12-18/h7-13,26H,6H2,1-5H3/b19-13-. The van der Waals surface area contributed by atoms with Crippen molar-refractivity contribution in [3.8, 4) is 11.5 Å². The highest BCUT2D eigenvalue weighted by atomic mass is 16.5. The van der Waals surface area contributed by atoms with Gasteiger partial charge in [-0.05, 0) is 63.1 Å². The van der Waals surface area contributed by atoms with Gasteiger partial charge >= 0.3 is 5.97 Å². The van der Waals surface area contributed by atoms with Gasteiger partial charge in [0.05, 0.1) is 24.9 Å². The van der Waals surface area contributed by atoms with Crippen LogP contribution in [0, 0.1) is 13.8 Å². The summed E-state index contributed by atoms with van der Waals surface area (Å²) in [6, 6.07) is 10.8. The van der Waals surface area contributed by atoms with Crippen LogP contribution < -0.4 is 9.64 Å². The number of hydrogen-bond acceptors (Lipinski definition) is 5. The van der Waals surface area contributed by atoms with Crippen LogP contribution in [0.25, 0.3) is 6.08 Å². The number of aromatic hydroxyl groups is 1. The van der Waals surface area contributed by atoms with E-state index in [2.05, 4.69) is 0 Å². The van der Waals surface area contributed by atoms with E-state index in [1.807, 2.05) is 39.0 Å². The van der Waals surface area contributed by atoms with Crippen molar-refractivity contribution in [3.63, 3.8) is 0 Å². The van der Waals surface area contributed by atoms with E-state index >= 15 is 0 Å². The quantitative estimate of drug-likeness (QED) is 0.591. The maximum atomic E-state index is 13.4. The van der Waals surface area contributed by atoms with Crippen LogP contribution in [-0.2, 0) is 14.3 Å². The Morgan fingerprint density at radius 3 is 2.40 bits per heavy atom. The van der Waals surface area contributed by atoms with E-state index in [0.29, 0.717) is 29.3 Å². The van der Waals surface area contributed by atoms with Gasteiger partial charge in [0, 0.05) is 16.9 Å². The lowest BCUT2D eigenvalue weighted by Gasteiger charge is -2.19. The number of esters is 1. The molecule has 0 aliphatic carbocycles. The second-order valence-electron chi connectivity index (χ2n) is 7.12. The van der Waals surface area contributed by atoms with Gasteiger partial charge in [0.2, 0.25) is 0 Å². The minimum atomic E-state index is -0.612. The molecule has 0 saturated carbocycles. The number of ether oxygens (including phenoxy) is 2. The van der Waals surface area contributed by atoms with Crippen LogP contribution in [0.3, 0.4) is 0 Å². The molecule has 3 rings (SSSR count). The summed E-state index contributed by atoms with van der Waals surface area (Å²) in [5.41, 5.74) is 3.86. The number of allylic oxidation sites excluding steroid dienone is 1. The number of amides is 1. The summed E-state index contributed by atoms with van der Waals surface area (Å²) in [5, 5.41) is 10.5. The minimum absolute atomic E-state index is 0.0913. The lowest BCUT2D eigenvalue weighted by Crippen LogP contribution is -2.24. The molecule has 1 aliphatic rings. The van der Waals surface area contributed by atoms with E-state index in [4.69, 9.17) is 9.47 Å². The summed E-state index contributed by atoms with van der Waals surface area (Å²) in [6.07, 6.45) is 1.50. The van der Waals surface area contributed by atoms with Crippen molar-refractivity contribution in [2.75, 3.05) is 18.6 Å². The molecule has 6 nitrogen and oxygen atoms in total. The number of carbonyl (C=O) groups excluding carboxylic acids is 2. The molecule has 1 amide bonds. The SMILES string of the molecule is CCOc1cccc(/C=C2\C(=O)N(c3cc(C)cc(C)c3)C(C)=C2C(=O)OC)c1O. The average Bonchev–Trinajstić information content (AvgIpc) is 2.93. The van der Waals surface area contributed by atoms with E-state index in [0.717, 1.165) is 11.1 Å². The van der Waals surface area contributed by atoms with Crippen LogP contribution in [-0.4, -0.2) is 30.7 Å². The molecule has 0 unspecified atom stereocenters. The fraction of sp³-hybridized carbons (Fsp3) is 0.250. The van der Waals surface area contributed by atoms with Crippen molar-refractivity contribution in [1.29, 1.82) is 0 Å². The molecule has 0 aromatic heterocycles. The predicted molar refractivity (Wildman–Crippen MR) is 115 cm³/mol. The molecule has 1 aliphatic heterocycles. The van der Waals surface area contributed by atoms with Crippen molar-refractivity contribution in [3.05, 3.63) is 69.9 Å². The largest absolute Gasteiger partial charge is 0.504 e. The Bertz CT molecular complexity index is 1060. The molecule has 0 radical (unpaired) electrons. The first kappa shape index (κ1) is 21.2.